The van der Waals surface area contributed by atoms with E-state index in [0.717, 1.165) is 50.7 Å². The van der Waals surface area contributed by atoms with Crippen LogP contribution in [0.5, 0.6) is 5.75 Å². The summed E-state index contributed by atoms with van der Waals surface area (Å²) in [4.78, 5) is 25.3. The second kappa shape index (κ2) is 10.5. The number of ketones is 2. The lowest BCUT2D eigenvalue weighted by Gasteiger charge is -2.50. The predicted molar refractivity (Wildman–Crippen MR) is 144 cm³/mol. The van der Waals surface area contributed by atoms with Crippen LogP contribution in [0, 0.1) is 17.3 Å². The molecule has 2 saturated carbocycles. The third-order valence-corrected chi connectivity index (χ3v) is 10.8. The Morgan fingerprint density at radius 2 is 1.78 bits per heavy atom. The Labute approximate surface area is 221 Å². The molecule has 37 heavy (non-hydrogen) atoms. The van der Waals surface area contributed by atoms with Gasteiger partial charge in [0.1, 0.15) is 11.5 Å². The van der Waals surface area contributed by atoms with Crippen molar-refractivity contribution in [1.29, 1.82) is 0 Å². The minimum atomic E-state index is -3.14. The second-order valence-corrected chi connectivity index (χ2v) is 13.5. The molecule has 4 aliphatic rings. The summed E-state index contributed by atoms with van der Waals surface area (Å²) in [5.41, 5.74) is 5.12. The van der Waals surface area contributed by atoms with Gasteiger partial charge < -0.3 is 4.74 Å². The molecule has 0 aromatic heterocycles. The number of fused-ring (bicyclic) bond motifs is 4. The number of hydrogen-bond donors (Lipinski definition) is 1. The number of unbranched alkanes of at least 4 members (excludes halogenated alkanes) is 2. The molecule has 0 radical (unpaired) electrons. The third kappa shape index (κ3) is 5.22. The number of carbonyl (C=O) groups is 2. The highest BCUT2D eigenvalue weighted by atomic mass is 32.2. The fraction of sp³-hybridized carbons (Fsp3) is 0.600. The van der Waals surface area contributed by atoms with Crippen LogP contribution in [0.15, 0.2) is 47.1 Å². The molecule has 0 spiro atoms. The van der Waals surface area contributed by atoms with Crippen molar-refractivity contribution < 1.29 is 22.7 Å². The van der Waals surface area contributed by atoms with Gasteiger partial charge in [-0.25, -0.2) is 13.1 Å². The minimum absolute atomic E-state index is 0.145. The van der Waals surface area contributed by atoms with Gasteiger partial charge in [-0.2, -0.15) is 0 Å². The van der Waals surface area contributed by atoms with E-state index in [1.807, 2.05) is 18.2 Å². The molecule has 4 aliphatic carbocycles. The zero-order valence-electron chi connectivity index (χ0n) is 22.1. The SMILES string of the molecule is CNS(=O)(=O)CCCCCOc1ccc([C@H]2C[C@]3(C)C(=O)CC[C@H]3[C@@H]3CCC4=CC(=O)CCC4=C32)cc1. The Balaban J connectivity index is 1.32. The Kier molecular flexibility index (Phi) is 7.47. The summed E-state index contributed by atoms with van der Waals surface area (Å²) < 4.78 is 31.3. The molecule has 200 valence electrons. The van der Waals surface area contributed by atoms with Crippen molar-refractivity contribution in [3.8, 4) is 5.75 Å². The van der Waals surface area contributed by atoms with Crippen LogP contribution in [0.25, 0.3) is 0 Å². The molecule has 2 fully saturated rings. The molecule has 0 saturated heterocycles. The van der Waals surface area contributed by atoms with Crippen LogP contribution in [0.4, 0.5) is 0 Å². The maximum atomic E-state index is 13.1. The van der Waals surface area contributed by atoms with E-state index in [1.165, 1.54) is 29.3 Å². The average molecular weight is 526 g/mol. The molecule has 4 atom stereocenters. The molecule has 7 heteroatoms. The van der Waals surface area contributed by atoms with Crippen LogP contribution in [0.3, 0.4) is 0 Å². The molecular formula is C30H39NO5S. The van der Waals surface area contributed by atoms with Gasteiger partial charge in [-0.15, -0.1) is 0 Å². The van der Waals surface area contributed by atoms with E-state index in [9.17, 15) is 18.0 Å². The van der Waals surface area contributed by atoms with Gasteiger partial charge in [-0.3, -0.25) is 9.59 Å². The van der Waals surface area contributed by atoms with Crippen molar-refractivity contribution in [1.82, 2.24) is 4.72 Å². The fourth-order valence-corrected chi connectivity index (χ4v) is 8.18. The third-order valence-electron chi connectivity index (χ3n) is 9.36. The molecule has 0 unspecified atom stereocenters. The maximum absolute atomic E-state index is 13.1. The molecule has 0 heterocycles. The minimum Gasteiger partial charge on any atom is -0.494 e. The van der Waals surface area contributed by atoms with Gasteiger partial charge in [0.2, 0.25) is 10.0 Å². The summed E-state index contributed by atoms with van der Waals surface area (Å²) in [5.74, 6) is 2.67. The first kappa shape index (κ1) is 26.4. The number of rotatable bonds is 9. The summed E-state index contributed by atoms with van der Waals surface area (Å²) in [7, 11) is -1.70. The topological polar surface area (TPSA) is 89.5 Å². The number of ether oxygens (including phenoxy) is 1. The molecule has 1 aromatic rings. The number of carbonyl (C=O) groups excluding carboxylic acids is 2. The smallest absolute Gasteiger partial charge is 0.211 e. The molecular weight excluding hydrogens is 486 g/mol. The monoisotopic (exact) mass is 525 g/mol. The van der Waals surface area contributed by atoms with E-state index in [-0.39, 0.29) is 22.9 Å². The van der Waals surface area contributed by atoms with Crippen molar-refractivity contribution >= 4 is 21.6 Å². The van der Waals surface area contributed by atoms with Gasteiger partial charge in [0.05, 0.1) is 12.4 Å². The van der Waals surface area contributed by atoms with E-state index in [0.29, 0.717) is 43.5 Å². The number of benzene rings is 1. The molecule has 0 amide bonds. The molecule has 1 aromatic carbocycles. The summed E-state index contributed by atoms with van der Waals surface area (Å²) in [5, 5.41) is 0. The highest BCUT2D eigenvalue weighted by molar-refractivity contribution is 7.89. The van der Waals surface area contributed by atoms with Crippen LogP contribution in [0.1, 0.15) is 82.6 Å². The second-order valence-electron chi connectivity index (χ2n) is 11.5. The molecule has 6 nitrogen and oxygen atoms in total. The lowest BCUT2D eigenvalue weighted by Crippen LogP contribution is -2.43. The fourth-order valence-electron chi connectivity index (χ4n) is 7.39. The van der Waals surface area contributed by atoms with Gasteiger partial charge in [0, 0.05) is 24.2 Å². The standard InChI is InChI=1S/C30H39NO5S/c1-30-19-26(20-6-10-23(11-7-20)36-16-4-3-5-17-37(34,35)31-2)29-24-13-9-22(32)18-21(24)8-12-25(29)27(30)14-15-28(30)33/h6-7,10-11,18,25-27,31H,3-5,8-9,12-17,19H2,1-2H3/t25-,26+,27-,30-/m0/s1. The highest BCUT2D eigenvalue weighted by Gasteiger charge is 2.56. The van der Waals surface area contributed by atoms with Gasteiger partial charge in [0.15, 0.2) is 5.78 Å². The van der Waals surface area contributed by atoms with Crippen LogP contribution in [-0.2, 0) is 19.6 Å². The van der Waals surface area contributed by atoms with Crippen molar-refractivity contribution in [3.05, 3.63) is 52.6 Å². The lowest BCUT2D eigenvalue weighted by molar-refractivity contribution is -0.128. The van der Waals surface area contributed by atoms with Gasteiger partial charge in [-0.1, -0.05) is 24.6 Å². The van der Waals surface area contributed by atoms with Crippen molar-refractivity contribution in [3.63, 3.8) is 0 Å². The van der Waals surface area contributed by atoms with Crippen molar-refractivity contribution in [2.75, 3.05) is 19.4 Å². The van der Waals surface area contributed by atoms with E-state index < -0.39 is 10.0 Å². The summed E-state index contributed by atoms with van der Waals surface area (Å²) in [6.45, 7) is 2.76. The largest absolute Gasteiger partial charge is 0.494 e. The van der Waals surface area contributed by atoms with Gasteiger partial charge >= 0.3 is 0 Å². The quantitative estimate of drug-likeness (QED) is 0.445. The van der Waals surface area contributed by atoms with Crippen molar-refractivity contribution in [2.24, 2.45) is 17.3 Å². The lowest BCUT2D eigenvalue weighted by atomic mass is 9.53. The van der Waals surface area contributed by atoms with Crippen LogP contribution in [-0.4, -0.2) is 39.4 Å². The first-order chi connectivity index (χ1) is 17.7. The van der Waals surface area contributed by atoms with Gasteiger partial charge in [0.25, 0.3) is 0 Å². The first-order valence-corrected chi connectivity index (χ1v) is 15.5. The first-order valence-electron chi connectivity index (χ1n) is 13.9. The van der Waals surface area contributed by atoms with E-state index >= 15 is 0 Å². The number of sulfonamides is 1. The molecule has 5 rings (SSSR count). The zero-order valence-corrected chi connectivity index (χ0v) is 22.9. The van der Waals surface area contributed by atoms with Gasteiger partial charge in [-0.05, 0) is 105 Å². The Morgan fingerprint density at radius 1 is 1.00 bits per heavy atom. The van der Waals surface area contributed by atoms with Crippen LogP contribution in [0.2, 0.25) is 0 Å². The van der Waals surface area contributed by atoms with Crippen LogP contribution < -0.4 is 9.46 Å². The number of allylic oxidation sites excluding steroid dienone is 4. The molecule has 1 N–H and O–H groups in total. The normalized spacial score (nSPS) is 29.5. The number of Topliss-reactive ketones (excluding diaryl/α,β-unsaturated/α-hetero) is 1. The Hall–Kier alpha value is -2.25. The van der Waals surface area contributed by atoms with E-state index in [2.05, 4.69) is 23.8 Å². The van der Waals surface area contributed by atoms with Crippen LogP contribution >= 0.6 is 0 Å². The van der Waals surface area contributed by atoms with Crippen molar-refractivity contribution in [2.45, 2.75) is 77.0 Å². The average Bonchev–Trinajstić information content (AvgIpc) is 3.19. The van der Waals surface area contributed by atoms with E-state index in [4.69, 9.17) is 4.74 Å². The Morgan fingerprint density at radius 3 is 2.54 bits per heavy atom. The van der Waals surface area contributed by atoms with E-state index in [1.54, 1.807) is 0 Å². The number of hydrogen-bond acceptors (Lipinski definition) is 5. The molecule has 0 aliphatic heterocycles. The zero-order chi connectivity index (χ0) is 26.2. The molecule has 0 bridgehead atoms. The predicted octanol–water partition coefficient (Wildman–Crippen LogP) is 5.25. The summed E-state index contributed by atoms with van der Waals surface area (Å²) in [6, 6.07) is 8.35. The number of nitrogens with one attached hydrogen (secondary N) is 1. The maximum Gasteiger partial charge on any atom is 0.211 e. The Bertz CT molecular complexity index is 1230. The summed E-state index contributed by atoms with van der Waals surface area (Å²) in [6.07, 6.45) is 10.1. The summed E-state index contributed by atoms with van der Waals surface area (Å²) >= 11 is 0. The highest BCUT2D eigenvalue weighted by Crippen LogP contribution is 2.62.